The average Bonchev–Trinajstić information content (AvgIpc) is 2.97. The average molecular weight is 309 g/mol. The fourth-order valence-corrected chi connectivity index (χ4v) is 3.46. The molecule has 1 aliphatic heterocycles. The molecule has 0 spiro atoms. The lowest BCUT2D eigenvalue weighted by Gasteiger charge is -2.21. The van der Waals surface area contributed by atoms with Gasteiger partial charge in [0.15, 0.2) is 0 Å². The third-order valence-corrected chi connectivity index (χ3v) is 4.62. The van der Waals surface area contributed by atoms with Crippen molar-refractivity contribution in [2.24, 2.45) is 0 Å². The normalized spacial score (nSPS) is 14.5. The minimum atomic E-state index is -3.74. The van der Waals surface area contributed by atoms with E-state index in [2.05, 4.69) is 14.4 Å². The third-order valence-electron chi connectivity index (χ3n) is 3.22. The van der Waals surface area contributed by atoms with Crippen molar-refractivity contribution in [2.75, 3.05) is 12.3 Å². The highest BCUT2D eigenvalue weighted by molar-refractivity contribution is 7.89. The number of nitrogens with one attached hydrogen (secondary N) is 1. The molecule has 0 bridgehead atoms. The molecule has 2 heterocycles. The Kier molecular flexibility index (Phi) is 3.56. The molecule has 0 radical (unpaired) electrons. The quantitative estimate of drug-likeness (QED) is 0.818. The Morgan fingerprint density at radius 2 is 2.24 bits per heavy atom. The number of aryl methyl sites for hydroxylation is 1. The molecule has 0 saturated heterocycles. The molecule has 1 aromatic heterocycles. The Labute approximate surface area is 122 Å². The number of fused-ring (bicyclic) bond motifs is 1. The maximum atomic E-state index is 12.4. The molecule has 1 aliphatic rings. The van der Waals surface area contributed by atoms with Crippen LogP contribution in [0.3, 0.4) is 0 Å². The summed E-state index contributed by atoms with van der Waals surface area (Å²) in [7, 11) is -3.74. The second-order valence-corrected chi connectivity index (χ2v) is 6.51. The van der Waals surface area contributed by atoms with Crippen molar-refractivity contribution >= 4 is 15.7 Å². The summed E-state index contributed by atoms with van der Waals surface area (Å²) >= 11 is 0. The molecular weight excluding hydrogens is 294 g/mol. The van der Waals surface area contributed by atoms with E-state index >= 15 is 0 Å². The van der Waals surface area contributed by atoms with E-state index in [9.17, 15) is 8.42 Å². The molecule has 3 N–H and O–H groups in total. The zero-order valence-electron chi connectivity index (χ0n) is 11.2. The van der Waals surface area contributed by atoms with Gasteiger partial charge in [-0.25, -0.2) is 13.1 Å². The highest BCUT2D eigenvalue weighted by atomic mass is 32.2. The van der Waals surface area contributed by atoms with Gasteiger partial charge in [-0.15, -0.1) is 0 Å². The van der Waals surface area contributed by atoms with Crippen LogP contribution in [0.5, 0.6) is 5.75 Å². The first-order valence-corrected chi connectivity index (χ1v) is 7.99. The summed E-state index contributed by atoms with van der Waals surface area (Å²) < 4.78 is 37.6. The zero-order valence-corrected chi connectivity index (χ0v) is 12.0. The zero-order chi connectivity index (χ0) is 14.9. The molecule has 0 saturated carbocycles. The lowest BCUT2D eigenvalue weighted by Crippen LogP contribution is -2.25. The van der Waals surface area contributed by atoms with E-state index in [4.69, 9.17) is 10.5 Å². The second kappa shape index (κ2) is 5.38. The molecular formula is C13H15N3O4S. The highest BCUT2D eigenvalue weighted by Crippen LogP contribution is 2.34. The summed E-state index contributed by atoms with van der Waals surface area (Å²) in [6, 6.07) is 4.76. The predicted molar refractivity (Wildman–Crippen MR) is 75.2 cm³/mol. The summed E-state index contributed by atoms with van der Waals surface area (Å²) in [5, 5.41) is 3.66. The minimum Gasteiger partial charge on any atom is -0.492 e. The number of nitrogens with zero attached hydrogens (tertiary/aromatic N) is 1. The van der Waals surface area contributed by atoms with E-state index in [1.165, 1.54) is 12.3 Å². The number of nitrogen functional groups attached to an aromatic ring is 1. The van der Waals surface area contributed by atoms with E-state index in [0.717, 1.165) is 18.4 Å². The largest absolute Gasteiger partial charge is 0.492 e. The number of hydrogen-bond donors (Lipinski definition) is 2. The first-order chi connectivity index (χ1) is 10.1. The first-order valence-electron chi connectivity index (χ1n) is 6.50. The molecule has 0 amide bonds. The molecule has 1 aromatic carbocycles. The van der Waals surface area contributed by atoms with Crippen molar-refractivity contribution in [3.8, 4) is 5.75 Å². The predicted octanol–water partition coefficient (Wildman–Crippen LogP) is 1.06. The van der Waals surface area contributed by atoms with Gasteiger partial charge in [-0.1, -0.05) is 5.16 Å². The summed E-state index contributed by atoms with van der Waals surface area (Å²) in [4.78, 5) is 0.0701. The van der Waals surface area contributed by atoms with Gasteiger partial charge >= 0.3 is 0 Å². The van der Waals surface area contributed by atoms with Crippen molar-refractivity contribution < 1.29 is 17.7 Å². The van der Waals surface area contributed by atoms with Crippen LogP contribution in [0.2, 0.25) is 0 Å². The Morgan fingerprint density at radius 3 is 3.00 bits per heavy atom. The summed E-state index contributed by atoms with van der Waals surface area (Å²) in [6.45, 7) is 0.547. The fraction of sp³-hybridized carbons (Fsp3) is 0.308. The monoisotopic (exact) mass is 309 g/mol. The highest BCUT2D eigenvalue weighted by Gasteiger charge is 2.25. The minimum absolute atomic E-state index is 0.0441. The Hall–Kier alpha value is -2.06. The maximum Gasteiger partial charge on any atom is 0.244 e. The van der Waals surface area contributed by atoms with Gasteiger partial charge in [0.25, 0.3) is 0 Å². The molecule has 7 nitrogen and oxygen atoms in total. The fourth-order valence-electron chi connectivity index (χ4n) is 2.24. The van der Waals surface area contributed by atoms with E-state index in [0.29, 0.717) is 23.7 Å². The lowest BCUT2D eigenvalue weighted by molar-refractivity contribution is 0.280. The van der Waals surface area contributed by atoms with Crippen LogP contribution in [0.1, 0.15) is 17.7 Å². The molecule has 0 unspecified atom stereocenters. The van der Waals surface area contributed by atoms with Crippen LogP contribution in [0, 0.1) is 0 Å². The van der Waals surface area contributed by atoms with Crippen molar-refractivity contribution in [3.63, 3.8) is 0 Å². The van der Waals surface area contributed by atoms with Crippen molar-refractivity contribution in [1.29, 1.82) is 0 Å². The van der Waals surface area contributed by atoms with Crippen LogP contribution < -0.4 is 15.2 Å². The number of nitrogens with two attached hydrogens (primary N) is 1. The van der Waals surface area contributed by atoms with Crippen LogP contribution >= 0.6 is 0 Å². The van der Waals surface area contributed by atoms with Crippen LogP contribution in [-0.2, 0) is 23.0 Å². The van der Waals surface area contributed by atoms with Gasteiger partial charge in [-0.2, -0.15) is 0 Å². The van der Waals surface area contributed by atoms with Gasteiger partial charge in [-0.05, 0) is 30.5 Å². The Balaban J connectivity index is 1.93. The van der Waals surface area contributed by atoms with Gasteiger partial charge in [0.2, 0.25) is 10.0 Å². The molecule has 8 heteroatoms. The Bertz CT molecular complexity index is 741. The Morgan fingerprint density at radius 1 is 1.38 bits per heavy atom. The summed E-state index contributed by atoms with van der Waals surface area (Å²) in [5.41, 5.74) is 7.52. The van der Waals surface area contributed by atoms with Crippen LogP contribution in [-0.4, -0.2) is 20.2 Å². The van der Waals surface area contributed by atoms with Gasteiger partial charge in [0.1, 0.15) is 16.9 Å². The first kappa shape index (κ1) is 13.9. The number of anilines is 1. The summed E-state index contributed by atoms with van der Waals surface area (Å²) in [6.07, 6.45) is 2.99. The van der Waals surface area contributed by atoms with Crippen molar-refractivity contribution in [1.82, 2.24) is 9.88 Å². The van der Waals surface area contributed by atoms with E-state index in [-0.39, 0.29) is 11.4 Å². The topological polar surface area (TPSA) is 107 Å². The van der Waals surface area contributed by atoms with E-state index in [1.54, 1.807) is 12.1 Å². The number of benzene rings is 1. The molecule has 0 atom stereocenters. The third kappa shape index (κ3) is 2.86. The number of ether oxygens (including phenoxy) is 1. The molecule has 21 heavy (non-hydrogen) atoms. The van der Waals surface area contributed by atoms with Gasteiger partial charge < -0.3 is 15.0 Å². The molecule has 3 rings (SSSR count). The number of sulfonamides is 1. The van der Waals surface area contributed by atoms with Gasteiger partial charge in [-0.3, -0.25) is 0 Å². The molecule has 112 valence electrons. The SMILES string of the molecule is Nc1cc2c(c(S(=O)(=O)NCc3ccon3)c1)OCCC2. The van der Waals surface area contributed by atoms with Crippen molar-refractivity contribution in [3.05, 3.63) is 35.7 Å². The van der Waals surface area contributed by atoms with E-state index < -0.39 is 10.0 Å². The smallest absolute Gasteiger partial charge is 0.244 e. The van der Waals surface area contributed by atoms with Gasteiger partial charge in [0.05, 0.1) is 18.8 Å². The van der Waals surface area contributed by atoms with Crippen LogP contribution in [0.25, 0.3) is 0 Å². The molecule has 0 aliphatic carbocycles. The number of rotatable bonds is 4. The van der Waals surface area contributed by atoms with E-state index in [1.807, 2.05) is 0 Å². The maximum absolute atomic E-state index is 12.4. The van der Waals surface area contributed by atoms with Gasteiger partial charge in [0, 0.05) is 11.8 Å². The van der Waals surface area contributed by atoms with Crippen molar-refractivity contribution in [2.45, 2.75) is 24.3 Å². The second-order valence-electron chi connectivity index (χ2n) is 4.77. The standard InChI is InChI=1S/C13H15N3O4S/c14-10-6-9-2-1-4-19-13(9)12(7-10)21(17,18)15-8-11-3-5-20-16-11/h3,5-7,15H,1-2,4,8,14H2. The van der Waals surface area contributed by atoms with Crippen LogP contribution in [0.15, 0.2) is 33.9 Å². The van der Waals surface area contributed by atoms with Crippen LogP contribution in [0.4, 0.5) is 5.69 Å². The number of aromatic nitrogens is 1. The molecule has 2 aromatic rings. The summed E-state index contributed by atoms with van der Waals surface area (Å²) in [5.74, 6) is 0.392. The lowest BCUT2D eigenvalue weighted by atomic mass is 10.1. The molecule has 0 fully saturated rings. The number of hydrogen-bond acceptors (Lipinski definition) is 6.